The molecule has 10 rings (SSSR count). The fourth-order valence-electron chi connectivity index (χ4n) is 22.4. The van der Waals surface area contributed by atoms with Gasteiger partial charge in [0, 0.05) is 10.8 Å². The van der Waals surface area contributed by atoms with Crippen LogP contribution in [0.2, 0.25) is 0 Å². The second-order valence-electron chi connectivity index (χ2n) is 31.3. The summed E-state index contributed by atoms with van der Waals surface area (Å²) in [6.07, 6.45) is 11.3. The van der Waals surface area contributed by atoms with E-state index in [1.807, 2.05) is 13.8 Å². The first-order chi connectivity index (χ1) is 38.4. The van der Waals surface area contributed by atoms with Gasteiger partial charge in [0.1, 0.15) is 12.3 Å². The van der Waals surface area contributed by atoms with Gasteiger partial charge in [0.05, 0.1) is 23.0 Å². The normalized spacial score (nSPS) is 48.4. The Morgan fingerprint density at radius 1 is 0.524 bits per heavy atom. The van der Waals surface area contributed by atoms with Crippen LogP contribution < -0.4 is 0 Å². The van der Waals surface area contributed by atoms with Crippen molar-refractivity contribution in [2.24, 2.45) is 113 Å². The van der Waals surface area contributed by atoms with Gasteiger partial charge in [-0.05, 0) is 194 Å². The molecule has 7 N–H and O–H groups in total. The lowest BCUT2D eigenvalue weighted by atomic mass is 9.33. The number of hydrogen-bond acceptors (Lipinski definition) is 11. The standard InChI is InChI=1S/C31H51FO10P2.C31H50FO7P/c1-18-10-13-31(26(33)40-17-41-43(34,35)36)15-14-29(6)20(25(31)19(18)2)8-9-21-28(5)12-11-24(42-44(37,38)39)27(3,4)22(28)16-23(32)30(21,29)7;1-18-10-13-31(26(34)38-17-39-40(35,36)37)15-14-29(6)20(25(31)19(18)2)8-9-21-28(5)12-11-24(33)27(3,4)22(28)16-23(32)30(21,29)7/h8,18-19,21-25H,9-17H2,1-7H3,(H2,34,35,36)(H2,37,38,39);8,18-19,21-25,33H,9-17H2,1-7H3,(H2,35,36,37). The third-order valence-electron chi connectivity index (χ3n) is 27.8. The molecule has 10 aliphatic carbocycles. The van der Waals surface area contributed by atoms with E-state index < -0.39 is 111 Å². The van der Waals surface area contributed by atoms with E-state index in [9.17, 15) is 38.2 Å². The lowest BCUT2D eigenvalue weighted by Crippen LogP contribution is -2.68. The number of allylic oxidation sites excluding steroid dienone is 4. The molecule has 10 aliphatic rings. The van der Waals surface area contributed by atoms with Gasteiger partial charge in [0.25, 0.3) is 0 Å². The molecule has 8 saturated carbocycles. The molecule has 17 nitrogen and oxygen atoms in total. The highest BCUT2D eigenvalue weighted by Gasteiger charge is 2.75. The van der Waals surface area contributed by atoms with Crippen LogP contribution in [0.4, 0.5) is 8.78 Å². The number of aliphatic hydroxyl groups is 1. The van der Waals surface area contributed by atoms with Crippen LogP contribution >= 0.6 is 23.5 Å². The summed E-state index contributed by atoms with van der Waals surface area (Å²) >= 11 is 0. The number of ether oxygens (including phenoxy) is 2. The Morgan fingerprint density at radius 2 is 0.905 bits per heavy atom. The number of esters is 2. The number of aliphatic hydroxyl groups excluding tert-OH is 1. The molecule has 0 aromatic heterocycles. The monoisotopic (exact) mass is 1250 g/mol. The third-order valence-corrected chi connectivity index (χ3v) is 29.3. The van der Waals surface area contributed by atoms with Gasteiger partial charge in [0.15, 0.2) is 0 Å². The minimum absolute atomic E-state index is 0.0276. The van der Waals surface area contributed by atoms with Gasteiger partial charge in [-0.15, -0.1) is 0 Å². The van der Waals surface area contributed by atoms with Gasteiger partial charge in [0.2, 0.25) is 13.6 Å². The van der Waals surface area contributed by atoms with Crippen molar-refractivity contribution in [1.82, 2.24) is 0 Å². The SMILES string of the molecule is CC1CCC2(C(=O)OCOP(=O)(O)O)CCC3(C)C(=CCC4C5(C)CCC(O)C(C)(C)C5CC(F)C43C)C2C1C.CC1CCC2(C(=O)OCOP(=O)(O)O)CCC3(C)C(=CCC4C5(C)CCC(OP(=O)(O)O)C(C)(C)C5CC(F)C43C)C2C1C. The summed E-state index contributed by atoms with van der Waals surface area (Å²) < 4.78 is 93.5. The van der Waals surface area contributed by atoms with Crippen molar-refractivity contribution in [2.45, 2.75) is 224 Å². The van der Waals surface area contributed by atoms with E-state index in [4.69, 9.17) is 33.6 Å². The van der Waals surface area contributed by atoms with E-state index in [-0.39, 0.29) is 70.0 Å². The average molecular weight is 1250 g/mol. The van der Waals surface area contributed by atoms with Crippen LogP contribution in [0, 0.1) is 113 Å². The number of rotatable bonds is 10. The summed E-state index contributed by atoms with van der Waals surface area (Å²) in [5, 5.41) is 10.9. The fourth-order valence-corrected chi connectivity index (χ4v) is 23.5. The van der Waals surface area contributed by atoms with Crippen molar-refractivity contribution >= 4 is 35.4 Å². The zero-order chi connectivity index (χ0) is 62.6. The van der Waals surface area contributed by atoms with Gasteiger partial charge in [-0.3, -0.25) is 14.1 Å². The van der Waals surface area contributed by atoms with E-state index in [1.54, 1.807) is 0 Å². The first-order valence-corrected chi connectivity index (χ1v) is 35.9. The van der Waals surface area contributed by atoms with Crippen LogP contribution in [0.1, 0.15) is 200 Å². The zero-order valence-electron chi connectivity index (χ0n) is 52.3. The minimum Gasteiger partial charge on any atom is -0.437 e. The summed E-state index contributed by atoms with van der Waals surface area (Å²) in [5.41, 5.74) is -3.13. The van der Waals surface area contributed by atoms with Gasteiger partial charge in [-0.25, -0.2) is 31.5 Å². The maximum Gasteiger partial charge on any atom is 0.472 e. The first-order valence-electron chi connectivity index (χ1n) is 31.3. The molecule has 22 atom stereocenters. The molecule has 22 unspecified atom stereocenters. The Balaban J connectivity index is 0.000000202. The average Bonchev–Trinajstić information content (AvgIpc) is 0.830. The number of carbonyl (C=O) groups is 2. The Bertz CT molecular complexity index is 2780. The first kappa shape index (κ1) is 67.0. The minimum atomic E-state index is -4.81. The highest BCUT2D eigenvalue weighted by atomic mass is 31.2. The molecule has 0 aromatic carbocycles. The predicted molar refractivity (Wildman–Crippen MR) is 310 cm³/mol. The maximum atomic E-state index is 17.2. The Kier molecular flexibility index (Phi) is 17.4. The van der Waals surface area contributed by atoms with Crippen LogP contribution in [-0.2, 0) is 46.3 Å². The second kappa shape index (κ2) is 21.9. The van der Waals surface area contributed by atoms with Crippen LogP contribution in [-0.4, -0.2) is 84.5 Å². The number of carbonyl (C=O) groups excluding carboxylic acids is 2. The molecule has 0 spiro atoms. The van der Waals surface area contributed by atoms with Crippen molar-refractivity contribution in [3.63, 3.8) is 0 Å². The van der Waals surface area contributed by atoms with Crippen molar-refractivity contribution in [2.75, 3.05) is 13.6 Å². The van der Waals surface area contributed by atoms with Gasteiger partial charge in [-0.2, -0.15) is 0 Å². The largest absolute Gasteiger partial charge is 0.472 e. The van der Waals surface area contributed by atoms with Crippen LogP contribution in [0.25, 0.3) is 0 Å². The van der Waals surface area contributed by atoms with E-state index in [0.29, 0.717) is 76.0 Å². The van der Waals surface area contributed by atoms with E-state index in [0.717, 1.165) is 37.7 Å². The summed E-state index contributed by atoms with van der Waals surface area (Å²) in [5.74, 6) is -0.285. The molecule has 0 aromatic rings. The molecule has 84 heavy (non-hydrogen) atoms. The van der Waals surface area contributed by atoms with Crippen LogP contribution in [0.15, 0.2) is 23.3 Å². The smallest absolute Gasteiger partial charge is 0.437 e. The molecule has 0 radical (unpaired) electrons. The molecular weight excluding hydrogens is 1150 g/mol. The molecule has 22 heteroatoms. The molecule has 0 bridgehead atoms. The van der Waals surface area contributed by atoms with E-state index in [2.05, 4.69) is 104 Å². The summed E-state index contributed by atoms with van der Waals surface area (Å²) in [4.78, 5) is 83.2. The quantitative estimate of drug-likeness (QED) is 0.0463. The number of phosphoric acid groups is 3. The number of phosphoric ester groups is 3. The van der Waals surface area contributed by atoms with Gasteiger partial charge in [-0.1, -0.05) is 120 Å². The molecule has 0 aliphatic heterocycles. The number of hydrogen-bond donors (Lipinski definition) is 7. The van der Waals surface area contributed by atoms with Crippen molar-refractivity contribution in [3.05, 3.63) is 23.3 Å². The molecule has 8 fully saturated rings. The maximum absolute atomic E-state index is 17.2. The van der Waals surface area contributed by atoms with Crippen LogP contribution in [0.5, 0.6) is 0 Å². The van der Waals surface area contributed by atoms with Crippen LogP contribution in [0.3, 0.4) is 0 Å². The molecular formula is C62H101F2O17P3. The fraction of sp³-hybridized carbons (Fsp3) is 0.903. The number of alkyl halides is 2. The molecule has 0 heterocycles. The highest BCUT2D eigenvalue weighted by Crippen LogP contribution is 2.79. The zero-order valence-corrected chi connectivity index (χ0v) is 55.0. The second-order valence-corrected chi connectivity index (χ2v) is 35.0. The van der Waals surface area contributed by atoms with Gasteiger partial charge < -0.3 is 43.9 Å². The van der Waals surface area contributed by atoms with Crippen molar-refractivity contribution in [3.8, 4) is 0 Å². The topological polar surface area (TPSA) is 273 Å². The molecule has 0 saturated heterocycles. The third kappa shape index (κ3) is 10.2. The predicted octanol–water partition coefficient (Wildman–Crippen LogP) is 13.2. The van der Waals surface area contributed by atoms with E-state index >= 15 is 8.78 Å². The van der Waals surface area contributed by atoms with Crippen molar-refractivity contribution in [1.29, 1.82) is 0 Å². The van der Waals surface area contributed by atoms with Gasteiger partial charge >= 0.3 is 35.4 Å². The molecule has 480 valence electrons. The summed E-state index contributed by atoms with van der Waals surface area (Å²) in [6, 6.07) is 0. The van der Waals surface area contributed by atoms with Crippen molar-refractivity contribution < 1.29 is 89.6 Å². The lowest BCUT2D eigenvalue weighted by molar-refractivity contribution is -0.232. The summed E-state index contributed by atoms with van der Waals surface area (Å²) in [6.45, 7) is 28.5. The highest BCUT2D eigenvalue weighted by molar-refractivity contribution is 7.46. The number of halogens is 2. The Hall–Kier alpha value is -1.43. The Morgan fingerprint density at radius 3 is 1.29 bits per heavy atom. The lowest BCUT2D eigenvalue weighted by Gasteiger charge is -2.72. The summed E-state index contributed by atoms with van der Waals surface area (Å²) in [7, 11) is -14.3. The number of fused-ring (bicyclic) bond motifs is 14. The Labute approximate surface area is 497 Å². The van der Waals surface area contributed by atoms with E-state index in [1.165, 1.54) is 5.57 Å². The molecule has 0 amide bonds.